The molecule has 3 aromatic carbocycles. The fraction of sp³-hybridized carbons (Fsp3) is 0.172. The topological polar surface area (TPSA) is 123 Å². The second-order valence-electron chi connectivity index (χ2n) is 8.72. The summed E-state index contributed by atoms with van der Waals surface area (Å²) in [6.45, 7) is 3.44. The highest BCUT2D eigenvalue weighted by molar-refractivity contribution is 9.10. The largest absolute Gasteiger partial charge is 0.497 e. The zero-order valence-corrected chi connectivity index (χ0v) is 24.6. The Balaban J connectivity index is 1.58. The van der Waals surface area contributed by atoms with Crippen LogP contribution in [0.1, 0.15) is 18.1 Å². The lowest BCUT2D eigenvalue weighted by Gasteiger charge is -2.27. The molecular weight excluding hydrogens is 618 g/mol. The standard InChI is InChI=1S/C29H25BrClN3O7/c1-4-40-24-13-17(12-22(30)26(24)41-15-25(35)32-19-7-9-20(39-3)10-8-19)11-21-27(36)33-29(38)34(28(21)37)23-14-18(31)6-5-16(23)2/h5-14H,4,15H2,1-3H3,(H,32,35)(H,33,36,38)/b21-11+. The van der Waals surface area contributed by atoms with Crippen LogP contribution in [0.15, 0.2) is 64.6 Å². The molecule has 41 heavy (non-hydrogen) atoms. The van der Waals surface area contributed by atoms with Crippen molar-refractivity contribution in [2.24, 2.45) is 0 Å². The lowest BCUT2D eigenvalue weighted by molar-refractivity contribution is -0.122. The summed E-state index contributed by atoms with van der Waals surface area (Å²) in [7, 11) is 1.55. The highest BCUT2D eigenvalue weighted by Gasteiger charge is 2.37. The van der Waals surface area contributed by atoms with Gasteiger partial charge in [-0.3, -0.25) is 19.7 Å². The summed E-state index contributed by atoms with van der Waals surface area (Å²) in [5, 5.41) is 5.25. The first-order valence-electron chi connectivity index (χ1n) is 12.3. The van der Waals surface area contributed by atoms with Crippen LogP contribution >= 0.6 is 27.5 Å². The number of rotatable bonds is 9. The Kier molecular flexibility index (Phi) is 9.31. The van der Waals surface area contributed by atoms with Gasteiger partial charge in [0.1, 0.15) is 11.3 Å². The predicted octanol–water partition coefficient (Wildman–Crippen LogP) is 5.50. The van der Waals surface area contributed by atoms with Gasteiger partial charge in [0.05, 0.1) is 23.9 Å². The van der Waals surface area contributed by atoms with E-state index in [9.17, 15) is 19.2 Å². The van der Waals surface area contributed by atoms with Crippen molar-refractivity contribution < 1.29 is 33.4 Å². The van der Waals surface area contributed by atoms with Gasteiger partial charge < -0.3 is 19.5 Å². The molecule has 1 fully saturated rings. The number of nitrogens with one attached hydrogen (secondary N) is 2. The Bertz CT molecular complexity index is 1560. The lowest BCUT2D eigenvalue weighted by atomic mass is 10.1. The fourth-order valence-electron chi connectivity index (χ4n) is 3.95. The summed E-state index contributed by atoms with van der Waals surface area (Å²) in [6.07, 6.45) is 1.34. The van der Waals surface area contributed by atoms with Crippen molar-refractivity contribution in [3.05, 3.63) is 80.8 Å². The highest BCUT2D eigenvalue weighted by atomic mass is 79.9. The first-order chi connectivity index (χ1) is 19.6. The molecule has 212 valence electrons. The van der Waals surface area contributed by atoms with E-state index in [2.05, 4.69) is 26.6 Å². The summed E-state index contributed by atoms with van der Waals surface area (Å²) >= 11 is 9.52. The van der Waals surface area contributed by atoms with Crippen molar-refractivity contribution >= 4 is 68.7 Å². The monoisotopic (exact) mass is 641 g/mol. The molecule has 0 saturated carbocycles. The Hall–Kier alpha value is -4.35. The fourth-order valence-corrected chi connectivity index (χ4v) is 4.69. The third-order valence-electron chi connectivity index (χ3n) is 5.88. The first-order valence-corrected chi connectivity index (χ1v) is 13.5. The first kappa shape index (κ1) is 29.6. The van der Waals surface area contributed by atoms with Crippen LogP contribution < -0.4 is 29.7 Å². The lowest BCUT2D eigenvalue weighted by Crippen LogP contribution is -2.54. The van der Waals surface area contributed by atoms with Crippen molar-refractivity contribution in [1.29, 1.82) is 0 Å². The number of carbonyl (C=O) groups is 4. The Morgan fingerprint density at radius 3 is 2.49 bits per heavy atom. The van der Waals surface area contributed by atoms with Gasteiger partial charge in [-0.05, 0) is 95.5 Å². The van der Waals surface area contributed by atoms with Crippen molar-refractivity contribution in [1.82, 2.24) is 5.32 Å². The number of barbiturate groups is 1. The summed E-state index contributed by atoms with van der Waals surface area (Å²) < 4.78 is 17.0. The number of aryl methyl sites for hydroxylation is 1. The second-order valence-corrected chi connectivity index (χ2v) is 10.0. The molecule has 5 amide bonds. The van der Waals surface area contributed by atoms with Gasteiger partial charge in [0.2, 0.25) is 0 Å². The number of benzene rings is 3. The Morgan fingerprint density at radius 1 is 1.07 bits per heavy atom. The van der Waals surface area contributed by atoms with E-state index in [1.807, 2.05) is 0 Å². The maximum Gasteiger partial charge on any atom is 0.335 e. The number of anilines is 2. The van der Waals surface area contributed by atoms with Crippen LogP contribution in [-0.2, 0) is 14.4 Å². The highest BCUT2D eigenvalue weighted by Crippen LogP contribution is 2.38. The summed E-state index contributed by atoms with van der Waals surface area (Å²) in [6, 6.07) is 13.9. The third kappa shape index (κ3) is 6.87. The van der Waals surface area contributed by atoms with Gasteiger partial charge >= 0.3 is 6.03 Å². The van der Waals surface area contributed by atoms with Crippen LogP contribution in [0, 0.1) is 6.92 Å². The van der Waals surface area contributed by atoms with Crippen molar-refractivity contribution in [2.75, 3.05) is 30.5 Å². The predicted molar refractivity (Wildman–Crippen MR) is 158 cm³/mol. The van der Waals surface area contributed by atoms with Gasteiger partial charge in [-0.15, -0.1) is 0 Å². The average Bonchev–Trinajstić information content (AvgIpc) is 2.93. The molecule has 10 nitrogen and oxygen atoms in total. The number of hydrogen-bond acceptors (Lipinski definition) is 7. The van der Waals surface area contributed by atoms with Crippen LogP contribution in [0.5, 0.6) is 17.2 Å². The van der Waals surface area contributed by atoms with Crippen LogP contribution in [-0.4, -0.2) is 44.1 Å². The van der Waals surface area contributed by atoms with Crippen LogP contribution in [0.3, 0.4) is 0 Å². The molecule has 1 heterocycles. The molecule has 1 aliphatic rings. The molecule has 0 atom stereocenters. The number of carbonyl (C=O) groups excluding carboxylic acids is 4. The molecule has 2 N–H and O–H groups in total. The number of halogens is 2. The van der Waals surface area contributed by atoms with E-state index >= 15 is 0 Å². The molecule has 1 saturated heterocycles. The molecule has 4 rings (SSSR count). The average molecular weight is 643 g/mol. The third-order valence-corrected chi connectivity index (χ3v) is 6.70. The molecule has 0 aromatic heterocycles. The smallest absolute Gasteiger partial charge is 0.335 e. The van der Waals surface area contributed by atoms with Gasteiger partial charge in [0.15, 0.2) is 18.1 Å². The zero-order valence-electron chi connectivity index (χ0n) is 22.2. The van der Waals surface area contributed by atoms with E-state index in [-0.39, 0.29) is 36.0 Å². The van der Waals surface area contributed by atoms with E-state index in [0.29, 0.717) is 32.1 Å². The maximum atomic E-state index is 13.4. The van der Waals surface area contributed by atoms with E-state index in [4.69, 9.17) is 25.8 Å². The van der Waals surface area contributed by atoms with Crippen molar-refractivity contribution in [2.45, 2.75) is 13.8 Å². The second kappa shape index (κ2) is 12.9. The number of nitrogens with zero attached hydrogens (tertiary/aromatic N) is 1. The molecule has 0 unspecified atom stereocenters. The van der Waals surface area contributed by atoms with E-state index < -0.39 is 23.8 Å². The van der Waals surface area contributed by atoms with E-state index in [1.165, 1.54) is 12.1 Å². The molecule has 0 spiro atoms. The van der Waals surface area contributed by atoms with Gasteiger partial charge in [-0.2, -0.15) is 0 Å². The van der Waals surface area contributed by atoms with Gasteiger partial charge in [-0.25, -0.2) is 9.69 Å². The molecule has 0 radical (unpaired) electrons. The number of urea groups is 1. The Labute approximate surface area is 249 Å². The minimum Gasteiger partial charge on any atom is -0.497 e. The zero-order chi connectivity index (χ0) is 29.7. The van der Waals surface area contributed by atoms with Crippen LogP contribution in [0.4, 0.5) is 16.2 Å². The molecule has 12 heteroatoms. The van der Waals surface area contributed by atoms with E-state index in [0.717, 1.165) is 4.90 Å². The molecular formula is C29H25BrClN3O7. The number of hydrogen-bond donors (Lipinski definition) is 2. The summed E-state index contributed by atoms with van der Waals surface area (Å²) in [5.41, 5.74) is 1.58. The van der Waals surface area contributed by atoms with Gasteiger partial charge in [0.25, 0.3) is 17.7 Å². The molecule has 1 aliphatic heterocycles. The molecule has 3 aromatic rings. The van der Waals surface area contributed by atoms with Crippen LogP contribution in [0.25, 0.3) is 6.08 Å². The minimum absolute atomic E-state index is 0.254. The van der Waals surface area contributed by atoms with Crippen molar-refractivity contribution in [3.63, 3.8) is 0 Å². The quantitative estimate of drug-likeness (QED) is 0.233. The molecule has 0 bridgehead atoms. The van der Waals surface area contributed by atoms with Crippen molar-refractivity contribution in [3.8, 4) is 17.2 Å². The minimum atomic E-state index is -0.879. The number of imide groups is 2. The Morgan fingerprint density at radius 2 is 1.80 bits per heavy atom. The van der Waals surface area contributed by atoms with E-state index in [1.54, 1.807) is 69.5 Å². The normalized spacial score (nSPS) is 14.1. The number of ether oxygens (including phenoxy) is 3. The van der Waals surface area contributed by atoms with Gasteiger partial charge in [-0.1, -0.05) is 17.7 Å². The summed E-state index contributed by atoms with van der Waals surface area (Å²) in [5.74, 6) is -0.876. The maximum absolute atomic E-state index is 13.4. The van der Waals surface area contributed by atoms with Crippen LogP contribution in [0.2, 0.25) is 5.02 Å². The number of amides is 5. The molecule has 0 aliphatic carbocycles. The summed E-state index contributed by atoms with van der Waals surface area (Å²) in [4.78, 5) is 52.0. The SMILES string of the molecule is CCOc1cc(/C=C2\C(=O)NC(=O)N(c3cc(Cl)ccc3C)C2=O)cc(Br)c1OCC(=O)Nc1ccc(OC)cc1. The number of methoxy groups -OCH3 is 1. The van der Waals surface area contributed by atoms with Gasteiger partial charge in [0, 0.05) is 10.7 Å².